The van der Waals surface area contributed by atoms with Crippen molar-refractivity contribution in [1.29, 1.82) is 0 Å². The summed E-state index contributed by atoms with van der Waals surface area (Å²) in [4.78, 5) is 0. The molecule has 0 aromatic heterocycles. The molecule has 0 aromatic rings. The van der Waals surface area contributed by atoms with Gasteiger partial charge in [0, 0.05) is 0 Å². The molecular formula is C10H22Te. The van der Waals surface area contributed by atoms with Crippen LogP contribution < -0.4 is 0 Å². The molecule has 11 heavy (non-hydrogen) atoms. The van der Waals surface area contributed by atoms with Crippen LogP contribution in [0.25, 0.3) is 0 Å². The van der Waals surface area contributed by atoms with Crippen molar-refractivity contribution in [2.24, 2.45) is 0 Å². The molecule has 0 amide bonds. The van der Waals surface area contributed by atoms with Gasteiger partial charge < -0.3 is 0 Å². The van der Waals surface area contributed by atoms with E-state index in [2.05, 4.69) is 20.8 Å². The fourth-order valence-electron chi connectivity index (χ4n) is 1.12. The van der Waals surface area contributed by atoms with E-state index in [-0.39, 0.29) is 0 Å². The van der Waals surface area contributed by atoms with Crippen molar-refractivity contribution in [3.63, 3.8) is 0 Å². The van der Waals surface area contributed by atoms with Crippen LogP contribution in [0.3, 0.4) is 0 Å². The van der Waals surface area contributed by atoms with Crippen molar-refractivity contribution < 1.29 is 0 Å². The van der Waals surface area contributed by atoms with Crippen LogP contribution in [0.4, 0.5) is 0 Å². The second-order valence-corrected chi connectivity index (χ2v) is 7.06. The summed E-state index contributed by atoms with van der Waals surface area (Å²) in [6.07, 6.45) is 7.23. The molecule has 0 radical (unpaired) electrons. The van der Waals surface area contributed by atoms with Crippen LogP contribution in [0.5, 0.6) is 0 Å². The minimum atomic E-state index is 0.378. The van der Waals surface area contributed by atoms with E-state index in [1.807, 2.05) is 0 Å². The molecule has 0 N–H and O–H groups in total. The maximum atomic E-state index is 2.36. The van der Waals surface area contributed by atoms with Gasteiger partial charge in [0.25, 0.3) is 0 Å². The molecule has 0 aromatic carbocycles. The van der Waals surface area contributed by atoms with Crippen molar-refractivity contribution in [3.8, 4) is 0 Å². The van der Waals surface area contributed by atoms with E-state index in [0.29, 0.717) is 20.9 Å². The summed E-state index contributed by atoms with van der Waals surface area (Å²) in [5, 5.41) is 0. The second kappa shape index (κ2) is 8.88. The third kappa shape index (κ3) is 7.16. The minimum absolute atomic E-state index is 0.378. The molecule has 1 heteroatoms. The average Bonchev–Trinajstić information content (AvgIpc) is 2.03. The van der Waals surface area contributed by atoms with Crippen LogP contribution in [0.2, 0.25) is 8.43 Å². The first-order chi connectivity index (χ1) is 5.35. The molecule has 0 saturated heterocycles. The van der Waals surface area contributed by atoms with Crippen LogP contribution in [0.15, 0.2) is 0 Å². The van der Waals surface area contributed by atoms with Gasteiger partial charge in [0.15, 0.2) is 0 Å². The monoisotopic (exact) mass is 272 g/mol. The summed E-state index contributed by atoms with van der Waals surface area (Å²) in [6, 6.07) is 0. The van der Waals surface area contributed by atoms with Crippen molar-refractivity contribution in [1.82, 2.24) is 0 Å². The van der Waals surface area contributed by atoms with Gasteiger partial charge in [-0.25, -0.2) is 0 Å². The molecule has 0 bridgehead atoms. The third-order valence-electron chi connectivity index (χ3n) is 1.92. The maximum absolute atomic E-state index is 2.36. The van der Waals surface area contributed by atoms with Crippen molar-refractivity contribution in [2.75, 3.05) is 0 Å². The zero-order valence-corrected chi connectivity index (χ0v) is 10.6. The van der Waals surface area contributed by atoms with Gasteiger partial charge in [0.2, 0.25) is 0 Å². The van der Waals surface area contributed by atoms with Crippen molar-refractivity contribution in [3.05, 3.63) is 0 Å². The fraction of sp³-hybridized carbons (Fsp3) is 1.00. The van der Waals surface area contributed by atoms with Gasteiger partial charge >= 0.3 is 82.2 Å². The van der Waals surface area contributed by atoms with Gasteiger partial charge in [-0.05, 0) is 0 Å². The number of hydrogen-bond donors (Lipinski definition) is 0. The summed E-state index contributed by atoms with van der Waals surface area (Å²) in [5.41, 5.74) is 0. The molecule has 0 rings (SSSR count). The predicted molar refractivity (Wildman–Crippen MR) is 54.4 cm³/mol. The van der Waals surface area contributed by atoms with Crippen LogP contribution >= 0.6 is 0 Å². The Morgan fingerprint density at radius 3 is 2.27 bits per heavy atom. The molecule has 0 saturated carbocycles. The van der Waals surface area contributed by atoms with Crippen LogP contribution in [0.1, 0.15) is 52.9 Å². The molecular weight excluding hydrogens is 248 g/mol. The van der Waals surface area contributed by atoms with E-state index in [0.717, 1.165) is 3.97 Å². The zero-order chi connectivity index (χ0) is 8.53. The molecule has 0 aliphatic carbocycles. The molecule has 1 unspecified atom stereocenters. The van der Waals surface area contributed by atoms with Crippen molar-refractivity contribution >= 4 is 20.9 Å². The molecule has 1 atom stereocenters. The molecule has 0 fully saturated rings. The van der Waals surface area contributed by atoms with Crippen LogP contribution in [-0.4, -0.2) is 20.9 Å². The molecule has 0 heterocycles. The van der Waals surface area contributed by atoms with Crippen molar-refractivity contribution in [2.45, 2.75) is 61.3 Å². The Hall–Kier alpha value is 0.790. The first kappa shape index (κ1) is 11.8. The van der Waals surface area contributed by atoms with E-state index >= 15 is 0 Å². The number of hydrogen-bond acceptors (Lipinski definition) is 0. The second-order valence-electron chi connectivity index (χ2n) is 3.04. The Balaban J connectivity index is 3.20. The molecule has 68 valence electrons. The first-order valence-electron chi connectivity index (χ1n) is 4.96. The predicted octanol–water partition coefficient (Wildman–Crippen LogP) is 3.91. The summed E-state index contributed by atoms with van der Waals surface area (Å²) >= 11 is 0.378. The van der Waals surface area contributed by atoms with Crippen LogP contribution in [-0.2, 0) is 0 Å². The van der Waals surface area contributed by atoms with Gasteiger partial charge in [-0.2, -0.15) is 0 Å². The van der Waals surface area contributed by atoms with Gasteiger partial charge in [0.05, 0.1) is 0 Å². The first-order valence-corrected chi connectivity index (χ1v) is 7.96. The Morgan fingerprint density at radius 1 is 1.09 bits per heavy atom. The Bertz CT molecular complexity index is 71.3. The van der Waals surface area contributed by atoms with Crippen LogP contribution in [0, 0.1) is 0 Å². The van der Waals surface area contributed by atoms with Gasteiger partial charge in [0.1, 0.15) is 0 Å². The third-order valence-corrected chi connectivity index (χ3v) is 6.38. The van der Waals surface area contributed by atoms with Gasteiger partial charge in [-0.1, -0.05) is 0 Å². The summed E-state index contributed by atoms with van der Waals surface area (Å²) in [7, 11) is 0. The average molecular weight is 270 g/mol. The molecule has 0 nitrogen and oxygen atoms in total. The fourth-order valence-corrected chi connectivity index (χ4v) is 5.19. The topological polar surface area (TPSA) is 0 Å². The van der Waals surface area contributed by atoms with E-state index in [1.54, 1.807) is 4.47 Å². The van der Waals surface area contributed by atoms with E-state index in [9.17, 15) is 0 Å². The summed E-state index contributed by atoms with van der Waals surface area (Å²) < 4.78 is 2.73. The molecule has 0 aliphatic heterocycles. The molecule has 0 aliphatic rings. The van der Waals surface area contributed by atoms with E-state index in [1.165, 1.54) is 32.1 Å². The Kier molecular flexibility index (Phi) is 9.52. The summed E-state index contributed by atoms with van der Waals surface area (Å²) in [6.45, 7) is 6.97. The summed E-state index contributed by atoms with van der Waals surface area (Å²) in [5.74, 6) is 0. The number of rotatable bonds is 7. The van der Waals surface area contributed by atoms with E-state index in [4.69, 9.17) is 0 Å². The van der Waals surface area contributed by atoms with E-state index < -0.39 is 0 Å². The number of unbranched alkanes of at least 4 members (excludes halogenated alkanes) is 1. The normalized spacial score (nSPS) is 13.4. The SMILES string of the molecule is CCCC[Te]C(CC)CCC. The quantitative estimate of drug-likeness (QED) is 0.486. The van der Waals surface area contributed by atoms with Gasteiger partial charge in [-0.15, -0.1) is 0 Å². The Morgan fingerprint density at radius 2 is 1.82 bits per heavy atom. The zero-order valence-electron chi connectivity index (χ0n) is 8.23. The molecule has 0 spiro atoms. The van der Waals surface area contributed by atoms with Gasteiger partial charge in [-0.3, -0.25) is 0 Å². The standard InChI is InChI=1S/C10H22Te/c1-4-7-9-11-10(6-3)8-5-2/h10H,4-9H2,1-3H3. The Labute approximate surface area is 82.2 Å².